The molecular weight excluding hydrogens is 388 g/mol. The summed E-state index contributed by atoms with van der Waals surface area (Å²) in [6.45, 7) is 3.21. The van der Waals surface area contributed by atoms with Crippen LogP contribution in [0.5, 0.6) is 5.75 Å². The highest BCUT2D eigenvalue weighted by Gasteiger charge is 2.46. The maximum absolute atomic E-state index is 12.9. The first-order valence-electron chi connectivity index (χ1n) is 9.46. The molecule has 29 heavy (non-hydrogen) atoms. The highest BCUT2D eigenvalue weighted by Crippen LogP contribution is 2.42. The Morgan fingerprint density at radius 2 is 1.90 bits per heavy atom. The summed E-state index contributed by atoms with van der Waals surface area (Å²) in [6.07, 6.45) is 0.740. The third kappa shape index (κ3) is 4.21. The number of hydrogen-bond donors (Lipinski definition) is 1. The Kier molecular flexibility index (Phi) is 6.39. The van der Waals surface area contributed by atoms with Gasteiger partial charge in [-0.15, -0.1) is 11.3 Å². The normalized spacial score (nSPS) is 18.7. The van der Waals surface area contributed by atoms with Gasteiger partial charge in [-0.25, -0.2) is 0 Å². The fourth-order valence-corrected chi connectivity index (χ4v) is 4.56. The number of ether oxygens (including phenoxy) is 1. The maximum atomic E-state index is 12.9. The highest BCUT2D eigenvalue weighted by atomic mass is 32.1. The molecule has 3 rings (SSSR count). The van der Waals surface area contributed by atoms with Gasteiger partial charge in [0.15, 0.2) is 0 Å². The Balaban J connectivity index is 2.06. The van der Waals surface area contributed by atoms with Gasteiger partial charge in [-0.3, -0.25) is 9.59 Å². The molecule has 2 heterocycles. The lowest BCUT2D eigenvalue weighted by Crippen LogP contribution is -2.32. The van der Waals surface area contributed by atoms with Crippen LogP contribution >= 0.6 is 11.3 Å². The molecule has 1 amide bonds. The molecule has 1 fully saturated rings. The Morgan fingerprint density at radius 3 is 2.45 bits per heavy atom. The summed E-state index contributed by atoms with van der Waals surface area (Å²) >= 11 is 1.50. The first-order valence-corrected chi connectivity index (χ1v) is 10.3. The van der Waals surface area contributed by atoms with Crippen molar-refractivity contribution in [3.05, 3.63) is 57.3 Å². The van der Waals surface area contributed by atoms with E-state index >= 15 is 0 Å². The second kappa shape index (κ2) is 8.80. The minimum atomic E-state index is -0.638. The largest absolute Gasteiger partial charge is 0.507 e. The molecule has 1 saturated heterocycles. The van der Waals surface area contributed by atoms with Gasteiger partial charge in [-0.2, -0.15) is 0 Å². The average Bonchev–Trinajstić information content (AvgIpc) is 3.23. The number of nitrogens with zero attached hydrogens (tertiary/aromatic N) is 2. The van der Waals surface area contributed by atoms with Crippen LogP contribution in [0.2, 0.25) is 0 Å². The van der Waals surface area contributed by atoms with Crippen LogP contribution in [0.15, 0.2) is 41.3 Å². The standard InChI is InChI=1S/C22H26N2O4S/c1-14-10-13-29-21(14)18-17(19(25)15-6-8-16(28-4)9-7-15)20(26)22(27)24(18)12-5-11-23(2)3/h6-10,13,18,25H,5,11-12H2,1-4H3/b19-17-. The van der Waals surface area contributed by atoms with Crippen molar-refractivity contribution in [1.29, 1.82) is 0 Å². The number of carbonyl (C=O) groups is 2. The molecule has 1 aliphatic rings. The number of amides is 1. The fourth-order valence-electron chi connectivity index (χ4n) is 3.51. The molecule has 1 aromatic carbocycles. The minimum Gasteiger partial charge on any atom is -0.507 e. The summed E-state index contributed by atoms with van der Waals surface area (Å²) in [4.78, 5) is 30.3. The summed E-state index contributed by atoms with van der Waals surface area (Å²) in [7, 11) is 5.51. The third-order valence-electron chi connectivity index (χ3n) is 5.06. The zero-order valence-corrected chi connectivity index (χ0v) is 18.0. The van der Waals surface area contributed by atoms with Crippen LogP contribution in [0.4, 0.5) is 0 Å². The van der Waals surface area contributed by atoms with Gasteiger partial charge >= 0.3 is 0 Å². The van der Waals surface area contributed by atoms with E-state index in [1.54, 1.807) is 36.3 Å². The van der Waals surface area contributed by atoms with Crippen LogP contribution in [0, 0.1) is 6.92 Å². The van der Waals surface area contributed by atoms with Gasteiger partial charge in [-0.1, -0.05) is 0 Å². The number of Topliss-reactive ketones (excluding diaryl/α,β-unsaturated/α-hetero) is 1. The molecule has 6 nitrogen and oxygen atoms in total. The van der Waals surface area contributed by atoms with E-state index in [1.807, 2.05) is 37.4 Å². The summed E-state index contributed by atoms with van der Waals surface area (Å²) in [5, 5.41) is 12.9. The van der Waals surface area contributed by atoms with E-state index < -0.39 is 17.7 Å². The van der Waals surface area contributed by atoms with E-state index in [0.29, 0.717) is 17.9 Å². The molecule has 1 aliphatic heterocycles. The van der Waals surface area contributed by atoms with Crippen molar-refractivity contribution < 1.29 is 19.4 Å². The SMILES string of the molecule is COc1ccc(/C(O)=C2/C(=O)C(=O)N(CCCN(C)C)C2c2sccc2C)cc1. The van der Waals surface area contributed by atoms with Gasteiger partial charge in [0, 0.05) is 17.0 Å². The van der Waals surface area contributed by atoms with E-state index in [-0.39, 0.29) is 11.3 Å². The van der Waals surface area contributed by atoms with Crippen molar-refractivity contribution in [2.24, 2.45) is 0 Å². The number of aryl methyl sites for hydroxylation is 1. The predicted molar refractivity (Wildman–Crippen MR) is 114 cm³/mol. The minimum absolute atomic E-state index is 0.149. The van der Waals surface area contributed by atoms with Crippen molar-refractivity contribution in [3.8, 4) is 5.75 Å². The van der Waals surface area contributed by atoms with Gasteiger partial charge < -0.3 is 19.6 Å². The van der Waals surface area contributed by atoms with E-state index in [4.69, 9.17) is 4.74 Å². The topological polar surface area (TPSA) is 70.1 Å². The lowest BCUT2D eigenvalue weighted by atomic mass is 9.98. The number of carbonyl (C=O) groups excluding carboxylic acids is 2. The van der Waals surface area contributed by atoms with Crippen molar-refractivity contribution in [3.63, 3.8) is 0 Å². The quantitative estimate of drug-likeness (QED) is 0.427. The summed E-state index contributed by atoms with van der Waals surface area (Å²) in [5.74, 6) is -0.701. The Hall–Kier alpha value is -2.64. The van der Waals surface area contributed by atoms with E-state index in [9.17, 15) is 14.7 Å². The second-order valence-corrected chi connectivity index (χ2v) is 8.29. The first-order chi connectivity index (χ1) is 13.8. The molecule has 7 heteroatoms. The van der Waals surface area contributed by atoms with Gasteiger partial charge in [0.2, 0.25) is 0 Å². The average molecular weight is 415 g/mol. The van der Waals surface area contributed by atoms with Crippen molar-refractivity contribution >= 4 is 28.8 Å². The van der Waals surface area contributed by atoms with Crippen molar-refractivity contribution in [2.75, 3.05) is 34.3 Å². The number of aliphatic hydroxyl groups is 1. The molecule has 0 bridgehead atoms. The number of ketones is 1. The number of benzene rings is 1. The smallest absolute Gasteiger partial charge is 0.295 e. The summed E-state index contributed by atoms with van der Waals surface area (Å²) in [6, 6.07) is 8.20. The van der Waals surface area contributed by atoms with Crippen LogP contribution in [0.1, 0.15) is 28.5 Å². The number of methoxy groups -OCH3 is 1. The fraction of sp³-hybridized carbons (Fsp3) is 0.364. The molecule has 0 saturated carbocycles. The van der Waals surface area contributed by atoms with Gasteiger partial charge in [-0.05, 0) is 75.3 Å². The molecule has 154 valence electrons. The molecule has 2 aromatic rings. The molecule has 1 N–H and O–H groups in total. The van der Waals surface area contributed by atoms with Crippen LogP contribution in [0.25, 0.3) is 5.76 Å². The molecular formula is C22H26N2O4S. The van der Waals surface area contributed by atoms with Crippen LogP contribution in [-0.4, -0.2) is 60.9 Å². The first kappa shape index (κ1) is 21.1. The van der Waals surface area contributed by atoms with E-state index in [0.717, 1.165) is 23.4 Å². The molecule has 1 aromatic heterocycles. The Morgan fingerprint density at radius 1 is 1.21 bits per heavy atom. The number of thiophene rings is 1. The van der Waals surface area contributed by atoms with Crippen LogP contribution in [-0.2, 0) is 9.59 Å². The van der Waals surface area contributed by atoms with Crippen molar-refractivity contribution in [1.82, 2.24) is 9.80 Å². The van der Waals surface area contributed by atoms with E-state index in [2.05, 4.69) is 0 Å². The summed E-state index contributed by atoms with van der Waals surface area (Å²) < 4.78 is 5.16. The predicted octanol–water partition coefficient (Wildman–Crippen LogP) is 3.44. The molecule has 0 radical (unpaired) electrons. The van der Waals surface area contributed by atoms with Gasteiger partial charge in [0.25, 0.3) is 11.7 Å². The third-order valence-corrected chi connectivity index (χ3v) is 6.13. The highest BCUT2D eigenvalue weighted by molar-refractivity contribution is 7.10. The molecule has 0 spiro atoms. The second-order valence-electron chi connectivity index (χ2n) is 7.35. The number of hydrogen-bond acceptors (Lipinski definition) is 6. The molecule has 0 aliphatic carbocycles. The van der Waals surface area contributed by atoms with Gasteiger partial charge in [0.1, 0.15) is 11.5 Å². The Labute approximate surface area is 175 Å². The Bertz CT molecular complexity index is 931. The van der Waals surface area contributed by atoms with Gasteiger partial charge in [0.05, 0.1) is 18.7 Å². The molecule has 1 unspecified atom stereocenters. The summed E-state index contributed by atoms with van der Waals surface area (Å²) in [5.41, 5.74) is 1.63. The van der Waals surface area contributed by atoms with Crippen LogP contribution < -0.4 is 4.74 Å². The zero-order chi connectivity index (χ0) is 21.1. The van der Waals surface area contributed by atoms with Crippen molar-refractivity contribution in [2.45, 2.75) is 19.4 Å². The van der Waals surface area contributed by atoms with Crippen LogP contribution in [0.3, 0.4) is 0 Å². The number of likely N-dealkylation sites (tertiary alicyclic amines) is 1. The number of rotatable bonds is 7. The zero-order valence-electron chi connectivity index (χ0n) is 17.1. The monoisotopic (exact) mass is 414 g/mol. The molecule has 1 atom stereocenters. The number of aliphatic hydroxyl groups excluding tert-OH is 1. The lowest BCUT2D eigenvalue weighted by molar-refractivity contribution is -0.139. The lowest BCUT2D eigenvalue weighted by Gasteiger charge is -2.25. The van der Waals surface area contributed by atoms with E-state index in [1.165, 1.54) is 11.3 Å². The maximum Gasteiger partial charge on any atom is 0.295 e.